The molecule has 0 aliphatic carbocycles. The zero-order valence-electron chi connectivity index (χ0n) is 10.1. The summed E-state index contributed by atoms with van der Waals surface area (Å²) in [5.41, 5.74) is 0.837. The van der Waals surface area contributed by atoms with Gasteiger partial charge in [-0.1, -0.05) is 18.2 Å². The Morgan fingerprint density at radius 2 is 2.00 bits per heavy atom. The lowest BCUT2D eigenvalue weighted by atomic mass is 10.1. The second-order valence-corrected chi connectivity index (χ2v) is 6.04. The summed E-state index contributed by atoms with van der Waals surface area (Å²) >= 11 is 0. The second kappa shape index (κ2) is 5.07. The molecular weight excluding hydrogens is 254 g/mol. The molecule has 1 aliphatic heterocycles. The Labute approximate surface area is 106 Å². The van der Waals surface area contributed by atoms with Gasteiger partial charge in [0.25, 0.3) is 10.1 Å². The molecule has 1 saturated heterocycles. The summed E-state index contributed by atoms with van der Waals surface area (Å²) in [5.74, 6) is -0.0734. The van der Waals surface area contributed by atoms with Gasteiger partial charge in [-0.25, -0.2) is 0 Å². The standard InChI is InChI=1S/C12H15NO4S/c1-18(15,16)17-9-10-7-12(14)13(8-10)11-5-3-2-4-6-11/h2-6,10H,7-9H2,1H3. The average molecular weight is 269 g/mol. The van der Waals surface area contributed by atoms with E-state index < -0.39 is 10.1 Å². The van der Waals surface area contributed by atoms with Crippen molar-refractivity contribution in [2.45, 2.75) is 6.42 Å². The van der Waals surface area contributed by atoms with Crippen LogP contribution >= 0.6 is 0 Å². The van der Waals surface area contributed by atoms with Crippen LogP contribution in [0.25, 0.3) is 0 Å². The molecule has 98 valence electrons. The number of carbonyl (C=O) groups excluding carboxylic acids is 1. The Kier molecular flexibility index (Phi) is 3.68. The van der Waals surface area contributed by atoms with Crippen molar-refractivity contribution < 1.29 is 17.4 Å². The first-order valence-corrected chi connectivity index (χ1v) is 7.47. The molecule has 1 atom stereocenters. The molecule has 0 spiro atoms. The number of hydrogen-bond donors (Lipinski definition) is 0. The summed E-state index contributed by atoms with van der Waals surface area (Å²) in [7, 11) is -3.44. The van der Waals surface area contributed by atoms with Gasteiger partial charge < -0.3 is 4.90 Å². The predicted molar refractivity (Wildman–Crippen MR) is 67.7 cm³/mol. The van der Waals surface area contributed by atoms with E-state index in [1.807, 2.05) is 30.3 Å². The first kappa shape index (κ1) is 13.0. The molecule has 6 heteroatoms. The van der Waals surface area contributed by atoms with Gasteiger partial charge >= 0.3 is 0 Å². The number of nitrogens with zero attached hydrogens (tertiary/aromatic N) is 1. The highest BCUT2D eigenvalue weighted by atomic mass is 32.2. The van der Waals surface area contributed by atoms with Crippen LogP contribution in [0.5, 0.6) is 0 Å². The van der Waals surface area contributed by atoms with E-state index in [4.69, 9.17) is 4.18 Å². The zero-order chi connectivity index (χ0) is 13.2. The van der Waals surface area contributed by atoms with Gasteiger partial charge in [-0.3, -0.25) is 8.98 Å². The van der Waals surface area contributed by atoms with Gasteiger partial charge in [-0.05, 0) is 12.1 Å². The number of anilines is 1. The summed E-state index contributed by atoms with van der Waals surface area (Å²) in [6.07, 6.45) is 1.34. The topological polar surface area (TPSA) is 63.7 Å². The fourth-order valence-electron chi connectivity index (χ4n) is 1.97. The first-order chi connectivity index (χ1) is 8.46. The minimum Gasteiger partial charge on any atom is -0.312 e. The molecule has 1 amide bonds. The molecule has 0 radical (unpaired) electrons. The van der Waals surface area contributed by atoms with E-state index in [0.717, 1.165) is 11.9 Å². The van der Waals surface area contributed by atoms with Crippen LogP contribution in [-0.4, -0.2) is 33.7 Å². The maximum atomic E-state index is 11.8. The Morgan fingerprint density at radius 3 is 2.61 bits per heavy atom. The number of hydrogen-bond acceptors (Lipinski definition) is 4. The van der Waals surface area contributed by atoms with Crippen molar-refractivity contribution in [2.24, 2.45) is 5.92 Å². The third kappa shape index (κ3) is 3.30. The van der Waals surface area contributed by atoms with E-state index in [9.17, 15) is 13.2 Å². The minimum absolute atomic E-state index is 0.00306. The summed E-state index contributed by atoms with van der Waals surface area (Å²) in [6.45, 7) is 0.562. The van der Waals surface area contributed by atoms with E-state index in [1.165, 1.54) is 0 Å². The maximum Gasteiger partial charge on any atom is 0.264 e. The normalized spacial score (nSPS) is 20.4. The largest absolute Gasteiger partial charge is 0.312 e. The molecule has 0 aromatic heterocycles. The SMILES string of the molecule is CS(=O)(=O)OCC1CC(=O)N(c2ccccc2)C1. The van der Waals surface area contributed by atoms with Gasteiger partial charge in [0, 0.05) is 24.6 Å². The number of carbonyl (C=O) groups is 1. The highest BCUT2D eigenvalue weighted by Gasteiger charge is 2.31. The van der Waals surface area contributed by atoms with Crippen molar-refractivity contribution >= 4 is 21.7 Å². The molecule has 0 N–H and O–H groups in total. The van der Waals surface area contributed by atoms with Gasteiger partial charge in [-0.2, -0.15) is 8.42 Å². The van der Waals surface area contributed by atoms with Crippen LogP contribution in [-0.2, 0) is 19.1 Å². The van der Waals surface area contributed by atoms with Crippen LogP contribution in [0.15, 0.2) is 30.3 Å². The van der Waals surface area contributed by atoms with E-state index in [2.05, 4.69) is 0 Å². The fraction of sp³-hybridized carbons (Fsp3) is 0.417. The highest BCUT2D eigenvalue weighted by molar-refractivity contribution is 7.85. The lowest BCUT2D eigenvalue weighted by Gasteiger charge is -2.16. The monoisotopic (exact) mass is 269 g/mol. The van der Waals surface area contributed by atoms with Crippen molar-refractivity contribution in [1.29, 1.82) is 0 Å². The molecule has 1 unspecified atom stereocenters. The summed E-state index contributed by atoms with van der Waals surface area (Å²) < 4.78 is 26.5. The number of para-hydroxylation sites is 1. The van der Waals surface area contributed by atoms with Crippen LogP contribution in [0.3, 0.4) is 0 Å². The van der Waals surface area contributed by atoms with Gasteiger partial charge in [0.15, 0.2) is 0 Å². The number of benzene rings is 1. The molecule has 1 heterocycles. The molecule has 18 heavy (non-hydrogen) atoms. The molecule has 0 bridgehead atoms. The van der Waals surface area contributed by atoms with E-state index in [0.29, 0.717) is 13.0 Å². The smallest absolute Gasteiger partial charge is 0.264 e. The molecule has 2 rings (SSSR count). The summed E-state index contributed by atoms with van der Waals surface area (Å²) in [5, 5.41) is 0. The van der Waals surface area contributed by atoms with Crippen molar-refractivity contribution in [1.82, 2.24) is 0 Å². The van der Waals surface area contributed by atoms with Gasteiger partial charge in [0.1, 0.15) is 0 Å². The van der Waals surface area contributed by atoms with Crippen molar-refractivity contribution in [3.8, 4) is 0 Å². The quantitative estimate of drug-likeness (QED) is 0.765. The molecule has 0 saturated carbocycles. The number of amides is 1. The van der Waals surface area contributed by atoms with E-state index >= 15 is 0 Å². The summed E-state index contributed by atoms with van der Waals surface area (Å²) in [4.78, 5) is 13.5. The Bertz CT molecular complexity index is 526. The third-order valence-corrected chi connectivity index (χ3v) is 3.36. The molecule has 5 nitrogen and oxygen atoms in total. The molecule has 1 aromatic carbocycles. The molecular formula is C12H15NO4S. The molecule has 1 aromatic rings. The Morgan fingerprint density at radius 1 is 1.33 bits per heavy atom. The van der Waals surface area contributed by atoms with Crippen LogP contribution in [0, 0.1) is 5.92 Å². The Balaban J connectivity index is 1.99. The highest BCUT2D eigenvalue weighted by Crippen LogP contribution is 2.25. The molecule has 1 aliphatic rings. The lowest BCUT2D eigenvalue weighted by Crippen LogP contribution is -2.25. The maximum absolute atomic E-state index is 11.8. The van der Waals surface area contributed by atoms with Crippen molar-refractivity contribution in [3.05, 3.63) is 30.3 Å². The molecule has 1 fully saturated rings. The van der Waals surface area contributed by atoms with Crippen molar-refractivity contribution in [3.63, 3.8) is 0 Å². The fourth-order valence-corrected chi connectivity index (χ4v) is 2.41. The number of rotatable bonds is 4. The minimum atomic E-state index is -3.44. The average Bonchev–Trinajstić information content (AvgIpc) is 2.68. The van der Waals surface area contributed by atoms with Gasteiger partial charge in [0.05, 0.1) is 12.9 Å². The van der Waals surface area contributed by atoms with E-state index in [-0.39, 0.29) is 18.4 Å². The van der Waals surface area contributed by atoms with E-state index in [1.54, 1.807) is 4.90 Å². The van der Waals surface area contributed by atoms with Gasteiger partial charge in [0.2, 0.25) is 5.91 Å². The summed E-state index contributed by atoms with van der Waals surface area (Å²) in [6, 6.07) is 9.33. The van der Waals surface area contributed by atoms with Crippen LogP contribution in [0.1, 0.15) is 6.42 Å². The first-order valence-electron chi connectivity index (χ1n) is 5.65. The van der Waals surface area contributed by atoms with Crippen LogP contribution in [0.2, 0.25) is 0 Å². The van der Waals surface area contributed by atoms with Crippen LogP contribution in [0.4, 0.5) is 5.69 Å². The predicted octanol–water partition coefficient (Wildman–Crippen LogP) is 1.02. The third-order valence-electron chi connectivity index (χ3n) is 2.79. The van der Waals surface area contributed by atoms with Crippen LogP contribution < -0.4 is 4.90 Å². The second-order valence-electron chi connectivity index (χ2n) is 4.40. The van der Waals surface area contributed by atoms with Crippen molar-refractivity contribution in [2.75, 3.05) is 24.3 Å². The lowest BCUT2D eigenvalue weighted by molar-refractivity contribution is -0.117. The van der Waals surface area contributed by atoms with Gasteiger partial charge in [-0.15, -0.1) is 0 Å². The zero-order valence-corrected chi connectivity index (χ0v) is 10.9. The Hall–Kier alpha value is -1.40.